The van der Waals surface area contributed by atoms with E-state index in [1.807, 2.05) is 24.3 Å². The Hall–Kier alpha value is -4.47. The lowest BCUT2D eigenvalue weighted by Gasteiger charge is -2.33. The molecule has 1 saturated heterocycles. The molecule has 0 saturated carbocycles. The van der Waals surface area contributed by atoms with Gasteiger partial charge in [-0.3, -0.25) is 4.90 Å². The number of hydrogen-bond acceptors (Lipinski definition) is 10. The van der Waals surface area contributed by atoms with Crippen LogP contribution in [0.25, 0.3) is 0 Å². The molecule has 12 nitrogen and oxygen atoms in total. The van der Waals surface area contributed by atoms with Crippen LogP contribution in [0.5, 0.6) is 0 Å². The number of carboxylic acid groups (broad SMARTS) is 1. The van der Waals surface area contributed by atoms with Crippen molar-refractivity contribution in [1.29, 1.82) is 5.26 Å². The molecule has 1 atom stereocenters. The van der Waals surface area contributed by atoms with Gasteiger partial charge in [0.1, 0.15) is 6.04 Å². The van der Waals surface area contributed by atoms with Gasteiger partial charge >= 0.3 is 12.1 Å². The summed E-state index contributed by atoms with van der Waals surface area (Å²) in [6.07, 6.45) is -0.620. The van der Waals surface area contributed by atoms with E-state index in [1.165, 1.54) is 12.0 Å². The molecule has 0 aliphatic carbocycles. The number of benzene rings is 2. The first-order chi connectivity index (χ1) is 18.8. The Morgan fingerprint density at radius 3 is 2.46 bits per heavy atom. The number of carbonyl (C=O) groups excluding carboxylic acids is 1. The number of methoxy groups -OCH3 is 1. The maximum Gasteiger partial charge on any atom is 0.407 e. The summed E-state index contributed by atoms with van der Waals surface area (Å²) in [5, 5.41) is 24.2. The van der Waals surface area contributed by atoms with Crippen molar-refractivity contribution < 1.29 is 19.4 Å². The molecule has 4 rings (SSSR count). The molecule has 1 aliphatic heterocycles. The molecule has 0 spiro atoms. The lowest BCUT2D eigenvalue weighted by molar-refractivity contribution is -0.141. The van der Waals surface area contributed by atoms with Crippen molar-refractivity contribution in [3.8, 4) is 6.07 Å². The highest BCUT2D eigenvalue weighted by molar-refractivity contribution is 6.28. The summed E-state index contributed by atoms with van der Waals surface area (Å²) < 4.78 is 4.94. The second-order valence-electron chi connectivity index (χ2n) is 8.86. The van der Waals surface area contributed by atoms with Crippen LogP contribution in [0, 0.1) is 11.3 Å². The normalized spacial score (nSPS) is 14.2. The van der Waals surface area contributed by atoms with Gasteiger partial charge in [-0.05, 0) is 47.0 Å². The third-order valence-corrected chi connectivity index (χ3v) is 6.32. The van der Waals surface area contributed by atoms with E-state index in [0.29, 0.717) is 38.3 Å². The standard InChI is InChI=1S/C26H27ClN8O4/c1-39-22(36)21(14-17-5-7-18(15-28)8-6-17)30-25-32-23(27)31-24(33-25)29-20-4-2-3-19(13-20)16-34-9-11-35(12-10-34)26(37)38/h2-8,13,21H,9-12,14,16H2,1H3,(H,37,38)(H2,29,30,31,32,33)/t21-/m0/s1. The lowest BCUT2D eigenvalue weighted by atomic mass is 10.0. The summed E-state index contributed by atoms with van der Waals surface area (Å²) in [5.41, 5.74) is 3.10. The van der Waals surface area contributed by atoms with Crippen LogP contribution in [0.1, 0.15) is 16.7 Å². The van der Waals surface area contributed by atoms with E-state index >= 15 is 0 Å². The van der Waals surface area contributed by atoms with Crippen LogP contribution < -0.4 is 10.6 Å². The van der Waals surface area contributed by atoms with Gasteiger partial charge in [-0.2, -0.15) is 20.2 Å². The maximum atomic E-state index is 12.5. The van der Waals surface area contributed by atoms with Crippen molar-refractivity contribution in [2.45, 2.75) is 19.0 Å². The van der Waals surface area contributed by atoms with Gasteiger partial charge in [-0.1, -0.05) is 24.3 Å². The summed E-state index contributed by atoms with van der Waals surface area (Å²) in [7, 11) is 1.29. The van der Waals surface area contributed by atoms with Crippen LogP contribution in [0.3, 0.4) is 0 Å². The third-order valence-electron chi connectivity index (χ3n) is 6.15. The molecular weight excluding hydrogens is 524 g/mol. The smallest absolute Gasteiger partial charge is 0.407 e. The number of esters is 1. The number of aromatic nitrogens is 3. The van der Waals surface area contributed by atoms with E-state index in [9.17, 15) is 9.59 Å². The summed E-state index contributed by atoms with van der Waals surface area (Å²) >= 11 is 6.16. The van der Waals surface area contributed by atoms with Gasteiger partial charge < -0.3 is 25.4 Å². The third kappa shape index (κ3) is 7.76. The van der Waals surface area contributed by atoms with Crippen molar-refractivity contribution >= 4 is 41.2 Å². The van der Waals surface area contributed by atoms with Crippen LogP contribution in [0.2, 0.25) is 5.28 Å². The molecule has 1 aromatic heterocycles. The van der Waals surface area contributed by atoms with Crippen LogP contribution in [0.15, 0.2) is 48.5 Å². The average molecular weight is 551 g/mol. The zero-order valence-electron chi connectivity index (χ0n) is 21.2. The zero-order chi connectivity index (χ0) is 27.8. The van der Waals surface area contributed by atoms with Gasteiger partial charge in [0, 0.05) is 44.8 Å². The number of halogens is 1. The van der Waals surface area contributed by atoms with Gasteiger partial charge in [0.2, 0.25) is 17.2 Å². The minimum absolute atomic E-state index is 0.0653. The zero-order valence-corrected chi connectivity index (χ0v) is 21.9. The van der Waals surface area contributed by atoms with Gasteiger partial charge in [0.05, 0.1) is 18.7 Å². The lowest BCUT2D eigenvalue weighted by Crippen LogP contribution is -2.47. The molecule has 2 heterocycles. The number of nitrogens with zero attached hydrogens (tertiary/aromatic N) is 6. The van der Waals surface area contributed by atoms with Gasteiger partial charge in [-0.25, -0.2) is 9.59 Å². The fourth-order valence-electron chi connectivity index (χ4n) is 4.14. The largest absolute Gasteiger partial charge is 0.467 e. The SMILES string of the molecule is COC(=O)[C@H](Cc1ccc(C#N)cc1)Nc1nc(Cl)nc(Nc2cccc(CN3CCN(C(=O)O)CC3)c2)n1. The Balaban J connectivity index is 1.43. The van der Waals surface area contributed by atoms with E-state index < -0.39 is 18.1 Å². The molecule has 13 heteroatoms. The minimum Gasteiger partial charge on any atom is -0.467 e. The highest BCUT2D eigenvalue weighted by Gasteiger charge is 2.22. The summed E-state index contributed by atoms with van der Waals surface area (Å²) in [4.78, 5) is 39.8. The van der Waals surface area contributed by atoms with Crippen molar-refractivity contribution in [2.24, 2.45) is 0 Å². The number of hydrogen-bond donors (Lipinski definition) is 3. The Morgan fingerprint density at radius 1 is 1.08 bits per heavy atom. The molecule has 39 heavy (non-hydrogen) atoms. The van der Waals surface area contributed by atoms with Crippen molar-refractivity contribution in [1.82, 2.24) is 24.8 Å². The van der Waals surface area contributed by atoms with E-state index in [2.05, 4.69) is 36.6 Å². The average Bonchev–Trinajstić information content (AvgIpc) is 2.93. The second-order valence-corrected chi connectivity index (χ2v) is 9.19. The monoisotopic (exact) mass is 550 g/mol. The molecule has 1 amide bonds. The molecule has 3 N–H and O–H groups in total. The van der Waals surface area contributed by atoms with Crippen LogP contribution in [-0.4, -0.2) is 81.3 Å². The molecule has 0 bridgehead atoms. The number of nitriles is 1. The highest BCUT2D eigenvalue weighted by Crippen LogP contribution is 2.20. The molecule has 1 aliphatic rings. The number of anilines is 3. The quantitative estimate of drug-likeness (QED) is 0.336. The predicted octanol–water partition coefficient (Wildman–Crippen LogP) is 3.13. The Kier molecular flexibility index (Phi) is 9.09. The van der Waals surface area contributed by atoms with E-state index in [1.54, 1.807) is 24.3 Å². The Labute approximate surface area is 230 Å². The van der Waals surface area contributed by atoms with Crippen molar-refractivity contribution in [3.63, 3.8) is 0 Å². The number of carbonyl (C=O) groups is 2. The van der Waals surface area contributed by atoms with Crippen LogP contribution in [-0.2, 0) is 22.5 Å². The molecule has 202 valence electrons. The molecule has 1 fully saturated rings. The summed E-state index contributed by atoms with van der Waals surface area (Å²) in [5.74, 6) is -0.233. The summed E-state index contributed by atoms with van der Waals surface area (Å²) in [6, 6.07) is 15.9. The molecule has 0 unspecified atom stereocenters. The molecule has 0 radical (unpaired) electrons. The molecule has 3 aromatic rings. The first-order valence-electron chi connectivity index (χ1n) is 12.1. The van der Waals surface area contributed by atoms with Crippen molar-refractivity contribution in [3.05, 3.63) is 70.5 Å². The predicted molar refractivity (Wildman–Crippen MR) is 144 cm³/mol. The Morgan fingerprint density at radius 2 is 1.79 bits per heavy atom. The Bertz CT molecular complexity index is 1360. The van der Waals surface area contributed by atoms with E-state index in [4.69, 9.17) is 26.7 Å². The number of ether oxygens (including phenoxy) is 1. The molecule has 2 aromatic carbocycles. The summed E-state index contributed by atoms with van der Waals surface area (Å²) in [6.45, 7) is 2.94. The van der Waals surface area contributed by atoms with E-state index in [-0.39, 0.29) is 23.6 Å². The second kappa shape index (κ2) is 12.9. The maximum absolute atomic E-state index is 12.5. The fourth-order valence-corrected chi connectivity index (χ4v) is 4.31. The fraction of sp³-hybridized carbons (Fsp3) is 0.308. The number of nitrogens with one attached hydrogen (secondary N) is 2. The first kappa shape index (κ1) is 27.6. The van der Waals surface area contributed by atoms with Crippen LogP contribution >= 0.6 is 11.6 Å². The van der Waals surface area contributed by atoms with E-state index in [0.717, 1.165) is 16.8 Å². The molecular formula is C26H27ClN8O4. The van der Waals surface area contributed by atoms with Crippen LogP contribution in [0.4, 0.5) is 22.4 Å². The number of piperazine rings is 1. The number of amides is 1. The van der Waals surface area contributed by atoms with Gasteiger partial charge in [0.25, 0.3) is 0 Å². The number of rotatable bonds is 9. The highest BCUT2D eigenvalue weighted by atomic mass is 35.5. The van der Waals surface area contributed by atoms with Crippen molar-refractivity contribution in [2.75, 3.05) is 43.9 Å². The minimum atomic E-state index is -0.891. The van der Waals surface area contributed by atoms with Gasteiger partial charge in [0.15, 0.2) is 0 Å². The topological polar surface area (TPSA) is 157 Å². The van der Waals surface area contributed by atoms with Gasteiger partial charge in [-0.15, -0.1) is 0 Å². The first-order valence-corrected chi connectivity index (χ1v) is 12.5.